The zero-order chi connectivity index (χ0) is 24.1. The van der Waals surface area contributed by atoms with E-state index in [-0.39, 0.29) is 11.4 Å². The van der Waals surface area contributed by atoms with Crippen LogP contribution in [0.25, 0.3) is 11.0 Å². The molecule has 1 N–H and O–H groups in total. The molecule has 0 spiro atoms. The summed E-state index contributed by atoms with van der Waals surface area (Å²) in [4.78, 5) is 17.8. The Balaban J connectivity index is 1.37. The normalized spacial score (nSPS) is 29.0. The summed E-state index contributed by atoms with van der Waals surface area (Å²) in [5.41, 5.74) is 3.38. The Morgan fingerprint density at radius 3 is 2.94 bits per heavy atom. The third-order valence-corrected chi connectivity index (χ3v) is 9.35. The van der Waals surface area contributed by atoms with Gasteiger partial charge in [0.15, 0.2) is 0 Å². The van der Waals surface area contributed by atoms with E-state index in [2.05, 4.69) is 22.8 Å². The van der Waals surface area contributed by atoms with Crippen molar-refractivity contribution in [2.75, 3.05) is 19.6 Å². The number of phenolic OH excluding ortho intramolecular Hbond substituents is 1. The van der Waals surface area contributed by atoms with Crippen molar-refractivity contribution in [2.24, 2.45) is 11.8 Å². The van der Waals surface area contributed by atoms with Crippen molar-refractivity contribution < 1.29 is 9.52 Å². The Bertz CT molecular complexity index is 1200. The third-order valence-electron chi connectivity index (χ3n) is 9.06. The van der Waals surface area contributed by atoms with Crippen molar-refractivity contribution in [3.05, 3.63) is 50.4 Å². The van der Waals surface area contributed by atoms with Gasteiger partial charge in [-0.1, -0.05) is 43.0 Å². The van der Waals surface area contributed by atoms with Crippen LogP contribution in [0.4, 0.5) is 0 Å². The summed E-state index contributed by atoms with van der Waals surface area (Å²) < 4.78 is 5.76. The molecule has 35 heavy (non-hydrogen) atoms. The van der Waals surface area contributed by atoms with Gasteiger partial charge in [0.1, 0.15) is 11.3 Å². The van der Waals surface area contributed by atoms with Crippen molar-refractivity contribution in [2.45, 2.75) is 83.3 Å². The highest BCUT2D eigenvalue weighted by Gasteiger charge is 2.46. The average Bonchev–Trinajstić information content (AvgIpc) is 2.86. The molecule has 0 radical (unpaired) electrons. The number of aromatic hydroxyl groups is 1. The Morgan fingerprint density at radius 1 is 1.20 bits per heavy atom. The van der Waals surface area contributed by atoms with E-state index in [1.165, 1.54) is 45.2 Å². The van der Waals surface area contributed by atoms with Gasteiger partial charge in [-0.05, 0) is 81.5 Å². The monoisotopic (exact) mass is 496 g/mol. The molecule has 5 nitrogen and oxygen atoms in total. The molecule has 4 atom stereocenters. The molecule has 1 aromatic heterocycles. The number of piperidine rings is 3. The molecule has 1 aromatic carbocycles. The van der Waals surface area contributed by atoms with Crippen molar-refractivity contribution >= 4 is 22.6 Å². The number of hydrogen-bond donors (Lipinski definition) is 1. The fourth-order valence-corrected chi connectivity index (χ4v) is 7.79. The van der Waals surface area contributed by atoms with E-state index in [9.17, 15) is 9.90 Å². The maximum atomic E-state index is 12.5. The van der Waals surface area contributed by atoms with Crippen LogP contribution in [0, 0.1) is 11.8 Å². The van der Waals surface area contributed by atoms with E-state index in [1.54, 1.807) is 17.7 Å². The van der Waals surface area contributed by atoms with Gasteiger partial charge in [0, 0.05) is 36.6 Å². The maximum Gasteiger partial charge on any atom is 0.336 e. The molecule has 3 saturated heterocycles. The van der Waals surface area contributed by atoms with E-state index in [0.717, 1.165) is 49.2 Å². The standard InChI is InChI=1S/C29H37ClN2O3/c1-2-3-7-18-14-26(33)35-29-22(18)15-24(30)28(34)23(29)17-32-11-6-8-19-12-20-13-21(27(19)32)16-31-10-5-4-9-25(20)31/h12,14-15,20-21,25,27,34H,2-11,13,16-17H2,1H3/t20?,21?,25-,27-/m1/s1. The summed E-state index contributed by atoms with van der Waals surface area (Å²) in [6.07, 6.45) is 13.1. The summed E-state index contributed by atoms with van der Waals surface area (Å²) in [6, 6.07) is 4.50. The molecule has 4 heterocycles. The van der Waals surface area contributed by atoms with Gasteiger partial charge in [0.25, 0.3) is 0 Å². The first-order valence-corrected chi connectivity index (χ1v) is 14.1. The molecule has 2 aromatic rings. The van der Waals surface area contributed by atoms with Crippen LogP contribution in [0.15, 0.2) is 33.0 Å². The summed E-state index contributed by atoms with van der Waals surface area (Å²) >= 11 is 6.55. The number of phenols is 1. The van der Waals surface area contributed by atoms with Crippen LogP contribution >= 0.6 is 11.6 Å². The smallest absolute Gasteiger partial charge is 0.336 e. The molecular formula is C29H37ClN2O3. The average molecular weight is 497 g/mol. The lowest BCUT2D eigenvalue weighted by Crippen LogP contribution is -2.59. The molecule has 6 heteroatoms. The third kappa shape index (κ3) is 4.24. The summed E-state index contributed by atoms with van der Waals surface area (Å²) in [7, 11) is 0. The predicted molar refractivity (Wildman–Crippen MR) is 140 cm³/mol. The first-order chi connectivity index (χ1) is 17.0. The number of rotatable bonds is 5. The van der Waals surface area contributed by atoms with E-state index in [4.69, 9.17) is 16.0 Å². The zero-order valence-corrected chi connectivity index (χ0v) is 21.5. The van der Waals surface area contributed by atoms with Gasteiger partial charge >= 0.3 is 5.63 Å². The number of unbranched alkanes of at least 4 members (excludes halogenated alkanes) is 1. The van der Waals surface area contributed by atoms with Crippen molar-refractivity contribution in [3.63, 3.8) is 0 Å². The van der Waals surface area contributed by atoms with Gasteiger partial charge in [0.2, 0.25) is 0 Å². The fraction of sp³-hybridized carbons (Fsp3) is 0.621. The quantitative estimate of drug-likeness (QED) is 0.413. The highest BCUT2D eigenvalue weighted by atomic mass is 35.5. The minimum Gasteiger partial charge on any atom is -0.506 e. The Labute approximate surface area is 212 Å². The number of fused-ring (bicyclic) bond motifs is 7. The highest BCUT2D eigenvalue weighted by Crippen LogP contribution is 2.46. The first kappa shape index (κ1) is 23.6. The Hall–Kier alpha value is -1.82. The first-order valence-electron chi connectivity index (χ1n) is 13.7. The van der Waals surface area contributed by atoms with Crippen LogP contribution in [0.1, 0.15) is 69.4 Å². The second-order valence-electron chi connectivity index (χ2n) is 11.2. The van der Waals surface area contributed by atoms with E-state index >= 15 is 0 Å². The minimum atomic E-state index is -0.352. The van der Waals surface area contributed by atoms with Gasteiger partial charge in [-0.3, -0.25) is 9.80 Å². The highest BCUT2D eigenvalue weighted by molar-refractivity contribution is 6.33. The van der Waals surface area contributed by atoms with E-state index < -0.39 is 0 Å². The lowest BCUT2D eigenvalue weighted by molar-refractivity contribution is -0.00274. The molecule has 6 rings (SSSR count). The van der Waals surface area contributed by atoms with Gasteiger partial charge in [-0.25, -0.2) is 4.79 Å². The van der Waals surface area contributed by atoms with Gasteiger partial charge in [-0.15, -0.1) is 0 Å². The Kier molecular flexibility index (Phi) is 6.44. The second-order valence-corrected chi connectivity index (χ2v) is 11.6. The second kappa shape index (κ2) is 9.57. The molecule has 3 aliphatic heterocycles. The number of benzene rings is 1. The molecule has 2 bridgehead atoms. The number of likely N-dealkylation sites (tertiary alicyclic amines) is 1. The van der Waals surface area contributed by atoms with Crippen LogP contribution in [-0.4, -0.2) is 46.6 Å². The van der Waals surface area contributed by atoms with Gasteiger partial charge in [-0.2, -0.15) is 0 Å². The summed E-state index contributed by atoms with van der Waals surface area (Å²) in [6.45, 7) is 6.10. The van der Waals surface area contributed by atoms with Crippen molar-refractivity contribution in [1.29, 1.82) is 0 Å². The van der Waals surface area contributed by atoms with Crippen LogP contribution in [0.2, 0.25) is 5.02 Å². The number of aryl methyl sites for hydroxylation is 1. The molecule has 1 aliphatic carbocycles. The molecular weight excluding hydrogens is 460 g/mol. The summed E-state index contributed by atoms with van der Waals surface area (Å²) in [5.74, 6) is 1.37. The zero-order valence-electron chi connectivity index (χ0n) is 20.8. The van der Waals surface area contributed by atoms with Gasteiger partial charge < -0.3 is 9.52 Å². The lowest BCUT2D eigenvalue weighted by Gasteiger charge is -2.54. The van der Waals surface area contributed by atoms with E-state index in [1.807, 2.05) is 0 Å². The largest absolute Gasteiger partial charge is 0.506 e. The van der Waals surface area contributed by atoms with E-state index in [0.29, 0.717) is 40.6 Å². The molecule has 0 amide bonds. The molecule has 0 saturated carbocycles. The van der Waals surface area contributed by atoms with Crippen LogP contribution in [0.3, 0.4) is 0 Å². The summed E-state index contributed by atoms with van der Waals surface area (Å²) in [5, 5.41) is 12.3. The number of nitrogens with zero attached hydrogens (tertiary/aromatic N) is 2. The molecule has 188 valence electrons. The van der Waals surface area contributed by atoms with Crippen LogP contribution in [0.5, 0.6) is 5.75 Å². The number of halogens is 1. The maximum absolute atomic E-state index is 12.5. The molecule has 4 aliphatic rings. The number of hydrogen-bond acceptors (Lipinski definition) is 5. The van der Waals surface area contributed by atoms with Crippen LogP contribution in [-0.2, 0) is 13.0 Å². The van der Waals surface area contributed by atoms with Crippen molar-refractivity contribution in [1.82, 2.24) is 9.80 Å². The van der Waals surface area contributed by atoms with Gasteiger partial charge in [0.05, 0.1) is 10.6 Å². The molecule has 3 fully saturated rings. The minimum absolute atomic E-state index is 0.0551. The Morgan fingerprint density at radius 2 is 2.09 bits per heavy atom. The predicted octanol–water partition coefficient (Wildman–Crippen LogP) is 5.89. The van der Waals surface area contributed by atoms with Crippen molar-refractivity contribution in [3.8, 4) is 5.75 Å². The SMILES string of the molecule is CCCCc1cc(=O)oc2c(CN3CCCC4=CC5CC(CN6CCCC[C@H]56)[C@@H]43)c(O)c(Cl)cc12. The fourth-order valence-electron chi connectivity index (χ4n) is 7.57. The van der Waals surface area contributed by atoms with Crippen LogP contribution < -0.4 is 5.63 Å². The molecule has 2 unspecified atom stereocenters. The lowest BCUT2D eigenvalue weighted by atomic mass is 9.68. The topological polar surface area (TPSA) is 56.9 Å².